The first kappa shape index (κ1) is 12.5. The predicted molar refractivity (Wildman–Crippen MR) is 62.6 cm³/mol. The van der Waals surface area contributed by atoms with Crippen LogP contribution in [0.25, 0.3) is 0 Å². The number of amides is 1. The van der Waals surface area contributed by atoms with Crippen LogP contribution in [0, 0.1) is 11.8 Å². The van der Waals surface area contributed by atoms with E-state index in [0.717, 1.165) is 24.7 Å². The van der Waals surface area contributed by atoms with E-state index in [2.05, 4.69) is 24.5 Å². The molecular weight excluding hydrogens is 188 g/mol. The maximum absolute atomic E-state index is 11.7. The Kier molecular flexibility index (Phi) is 4.58. The predicted octanol–water partition coefficient (Wildman–Crippen LogP) is 1.54. The molecule has 0 aromatic heterocycles. The van der Waals surface area contributed by atoms with Gasteiger partial charge in [0.25, 0.3) is 0 Å². The molecule has 15 heavy (non-hydrogen) atoms. The molecule has 4 atom stereocenters. The van der Waals surface area contributed by atoms with Crippen LogP contribution in [0.15, 0.2) is 0 Å². The summed E-state index contributed by atoms with van der Waals surface area (Å²) in [5.74, 6) is 1.66. The van der Waals surface area contributed by atoms with E-state index < -0.39 is 0 Å². The third-order valence-electron chi connectivity index (χ3n) is 3.77. The normalized spacial score (nSPS) is 33.5. The fraction of sp³-hybridized carbons (Fsp3) is 0.917. The summed E-state index contributed by atoms with van der Waals surface area (Å²) in [4.78, 5) is 11.7. The van der Waals surface area contributed by atoms with Gasteiger partial charge in [0.05, 0.1) is 6.04 Å². The van der Waals surface area contributed by atoms with Gasteiger partial charge >= 0.3 is 0 Å². The highest BCUT2D eigenvalue weighted by Gasteiger charge is 2.26. The van der Waals surface area contributed by atoms with Crippen molar-refractivity contribution in [2.75, 3.05) is 7.05 Å². The maximum Gasteiger partial charge on any atom is 0.237 e. The lowest BCUT2D eigenvalue weighted by Gasteiger charge is -2.33. The van der Waals surface area contributed by atoms with Crippen LogP contribution >= 0.6 is 0 Å². The minimum absolute atomic E-state index is 0.0837. The summed E-state index contributed by atoms with van der Waals surface area (Å²) in [6.07, 6.45) is 3.50. The molecule has 3 nitrogen and oxygen atoms in total. The van der Waals surface area contributed by atoms with Gasteiger partial charge in [0.15, 0.2) is 0 Å². The molecule has 0 saturated heterocycles. The Hall–Kier alpha value is -0.570. The Morgan fingerprint density at radius 2 is 1.93 bits per heavy atom. The topological polar surface area (TPSA) is 41.1 Å². The number of nitrogens with one attached hydrogen (secondary N) is 2. The zero-order valence-electron chi connectivity index (χ0n) is 10.3. The molecule has 3 heteroatoms. The second-order valence-electron chi connectivity index (χ2n) is 4.98. The average molecular weight is 212 g/mol. The molecule has 1 aliphatic carbocycles. The fourth-order valence-corrected chi connectivity index (χ4v) is 2.14. The van der Waals surface area contributed by atoms with Gasteiger partial charge in [0.1, 0.15) is 0 Å². The monoisotopic (exact) mass is 212 g/mol. The van der Waals surface area contributed by atoms with Crippen LogP contribution in [0.4, 0.5) is 0 Å². The molecule has 1 fully saturated rings. The summed E-state index contributed by atoms with van der Waals surface area (Å²) in [5.41, 5.74) is 0. The van der Waals surface area contributed by atoms with Crippen molar-refractivity contribution in [1.82, 2.24) is 10.6 Å². The summed E-state index contributed by atoms with van der Waals surface area (Å²) in [6, 6.07) is 0.305. The van der Waals surface area contributed by atoms with Crippen LogP contribution in [-0.2, 0) is 4.79 Å². The third-order valence-corrected chi connectivity index (χ3v) is 3.77. The zero-order chi connectivity index (χ0) is 11.4. The third kappa shape index (κ3) is 3.49. The average Bonchev–Trinajstić information content (AvgIpc) is 2.22. The maximum atomic E-state index is 11.7. The number of hydrogen-bond acceptors (Lipinski definition) is 2. The molecule has 88 valence electrons. The number of hydrogen-bond donors (Lipinski definition) is 2. The van der Waals surface area contributed by atoms with E-state index in [9.17, 15) is 4.79 Å². The molecule has 1 rings (SSSR count). The van der Waals surface area contributed by atoms with Gasteiger partial charge in [-0.3, -0.25) is 4.79 Å². The highest BCUT2D eigenvalue weighted by atomic mass is 16.2. The van der Waals surface area contributed by atoms with Gasteiger partial charge in [0, 0.05) is 6.04 Å². The highest BCUT2D eigenvalue weighted by molar-refractivity contribution is 5.81. The van der Waals surface area contributed by atoms with Crippen molar-refractivity contribution >= 4 is 5.91 Å². The van der Waals surface area contributed by atoms with Crippen molar-refractivity contribution in [2.24, 2.45) is 11.8 Å². The number of rotatable bonds is 3. The standard InChI is InChI=1S/C12H24N2O/c1-8-5-6-11(7-9(8)2)14-12(15)10(3)13-4/h8-11,13H,5-7H2,1-4H3,(H,14,15). The van der Waals surface area contributed by atoms with E-state index >= 15 is 0 Å². The molecule has 0 bridgehead atoms. The first-order valence-electron chi connectivity index (χ1n) is 6.02. The first-order valence-corrected chi connectivity index (χ1v) is 6.02. The van der Waals surface area contributed by atoms with Gasteiger partial charge in [-0.1, -0.05) is 13.8 Å². The number of likely N-dealkylation sites (N-methyl/N-ethyl adjacent to an activating group) is 1. The van der Waals surface area contributed by atoms with Crippen LogP contribution in [0.1, 0.15) is 40.0 Å². The lowest BCUT2D eigenvalue weighted by molar-refractivity contribution is -0.123. The Morgan fingerprint density at radius 3 is 2.47 bits per heavy atom. The molecule has 1 saturated carbocycles. The molecule has 0 heterocycles. The van der Waals surface area contributed by atoms with Gasteiger partial charge in [0.2, 0.25) is 5.91 Å². The minimum Gasteiger partial charge on any atom is -0.352 e. The Balaban J connectivity index is 2.36. The SMILES string of the molecule is CNC(C)C(=O)NC1CCC(C)C(C)C1. The van der Waals surface area contributed by atoms with E-state index in [0.29, 0.717) is 6.04 Å². The molecule has 2 N–H and O–H groups in total. The van der Waals surface area contributed by atoms with Gasteiger partial charge in [-0.15, -0.1) is 0 Å². The van der Waals surface area contributed by atoms with Crippen molar-refractivity contribution < 1.29 is 4.79 Å². The van der Waals surface area contributed by atoms with E-state index in [-0.39, 0.29) is 11.9 Å². The molecule has 4 unspecified atom stereocenters. The molecule has 0 aliphatic heterocycles. The summed E-state index contributed by atoms with van der Waals surface area (Å²) in [7, 11) is 1.82. The summed E-state index contributed by atoms with van der Waals surface area (Å²) in [5, 5.41) is 6.08. The molecule has 0 aromatic rings. The van der Waals surface area contributed by atoms with Gasteiger partial charge in [-0.2, -0.15) is 0 Å². The second kappa shape index (κ2) is 5.50. The van der Waals surface area contributed by atoms with Crippen molar-refractivity contribution in [1.29, 1.82) is 0 Å². The molecule has 0 aromatic carbocycles. The molecule has 1 aliphatic rings. The molecular formula is C12H24N2O. The van der Waals surface area contributed by atoms with Crippen LogP contribution in [0.3, 0.4) is 0 Å². The van der Waals surface area contributed by atoms with Gasteiger partial charge in [-0.05, 0) is 45.1 Å². The highest BCUT2D eigenvalue weighted by Crippen LogP contribution is 2.29. The Labute approximate surface area is 93.0 Å². The van der Waals surface area contributed by atoms with Crippen LogP contribution in [0.2, 0.25) is 0 Å². The van der Waals surface area contributed by atoms with Crippen molar-refractivity contribution in [3.63, 3.8) is 0 Å². The summed E-state index contributed by atoms with van der Waals surface area (Å²) < 4.78 is 0. The van der Waals surface area contributed by atoms with Crippen molar-refractivity contribution in [3.05, 3.63) is 0 Å². The number of carbonyl (C=O) groups excluding carboxylic acids is 1. The Morgan fingerprint density at radius 1 is 1.27 bits per heavy atom. The van der Waals surface area contributed by atoms with E-state index in [4.69, 9.17) is 0 Å². The van der Waals surface area contributed by atoms with Gasteiger partial charge in [-0.25, -0.2) is 0 Å². The number of carbonyl (C=O) groups is 1. The molecule has 0 spiro atoms. The van der Waals surface area contributed by atoms with Crippen molar-refractivity contribution in [2.45, 2.75) is 52.1 Å². The first-order chi connectivity index (χ1) is 7.04. The second-order valence-corrected chi connectivity index (χ2v) is 4.98. The van der Waals surface area contributed by atoms with E-state index in [1.165, 1.54) is 6.42 Å². The van der Waals surface area contributed by atoms with Crippen LogP contribution in [0.5, 0.6) is 0 Å². The minimum atomic E-state index is -0.0837. The zero-order valence-corrected chi connectivity index (χ0v) is 10.3. The Bertz CT molecular complexity index is 218. The summed E-state index contributed by atoms with van der Waals surface area (Å²) >= 11 is 0. The van der Waals surface area contributed by atoms with Gasteiger partial charge < -0.3 is 10.6 Å². The van der Waals surface area contributed by atoms with E-state index in [1.807, 2.05) is 14.0 Å². The molecule has 0 radical (unpaired) electrons. The van der Waals surface area contributed by atoms with Crippen LogP contribution < -0.4 is 10.6 Å². The summed E-state index contributed by atoms with van der Waals surface area (Å²) in [6.45, 7) is 6.48. The smallest absolute Gasteiger partial charge is 0.237 e. The fourth-order valence-electron chi connectivity index (χ4n) is 2.14. The lowest BCUT2D eigenvalue weighted by Crippen LogP contribution is -2.47. The van der Waals surface area contributed by atoms with E-state index in [1.54, 1.807) is 0 Å². The van der Waals surface area contributed by atoms with Crippen molar-refractivity contribution in [3.8, 4) is 0 Å². The van der Waals surface area contributed by atoms with Crippen LogP contribution in [-0.4, -0.2) is 25.0 Å². The lowest BCUT2D eigenvalue weighted by atomic mass is 9.79. The molecule has 1 amide bonds. The quantitative estimate of drug-likeness (QED) is 0.745. The largest absolute Gasteiger partial charge is 0.352 e.